The number of rotatable bonds is 6. The summed E-state index contributed by atoms with van der Waals surface area (Å²) in [5, 5.41) is 2.96. The van der Waals surface area contributed by atoms with E-state index < -0.39 is 0 Å². The summed E-state index contributed by atoms with van der Waals surface area (Å²) in [4.78, 5) is 30.6. The number of likely N-dealkylation sites (tertiary alicyclic amines) is 1. The van der Waals surface area contributed by atoms with Crippen LogP contribution >= 0.6 is 22.9 Å². The molecule has 2 aliphatic rings. The average molecular weight is 480 g/mol. The van der Waals surface area contributed by atoms with Crippen LogP contribution in [0.2, 0.25) is 4.34 Å². The van der Waals surface area contributed by atoms with Crippen molar-refractivity contribution in [3.63, 3.8) is 0 Å². The minimum absolute atomic E-state index is 0.00157. The summed E-state index contributed by atoms with van der Waals surface area (Å²) < 4.78 is 0.572. The Morgan fingerprint density at radius 1 is 0.970 bits per heavy atom. The van der Waals surface area contributed by atoms with Gasteiger partial charge in [0.1, 0.15) is 0 Å². The predicted molar refractivity (Wildman–Crippen MR) is 133 cm³/mol. The highest BCUT2D eigenvalue weighted by atomic mass is 35.5. The van der Waals surface area contributed by atoms with Gasteiger partial charge in [0.25, 0.3) is 11.8 Å². The first-order chi connectivity index (χ1) is 16.1. The van der Waals surface area contributed by atoms with Crippen molar-refractivity contribution in [2.24, 2.45) is 0 Å². The number of piperidine rings is 1. The number of benzene rings is 2. The number of thiophene rings is 1. The summed E-state index contributed by atoms with van der Waals surface area (Å²) in [5.74, 6) is -0.210. The van der Waals surface area contributed by atoms with Gasteiger partial charge in [-0.15, -0.1) is 11.3 Å². The zero-order valence-corrected chi connectivity index (χ0v) is 19.9. The van der Waals surface area contributed by atoms with Crippen molar-refractivity contribution in [1.29, 1.82) is 0 Å². The van der Waals surface area contributed by atoms with Crippen LogP contribution < -0.4 is 5.32 Å². The highest BCUT2D eigenvalue weighted by molar-refractivity contribution is 7.18. The lowest BCUT2D eigenvalue weighted by atomic mass is 10.1. The lowest BCUT2D eigenvalue weighted by Gasteiger charge is -2.26. The van der Waals surface area contributed by atoms with Crippen LogP contribution in [0.15, 0.2) is 54.6 Å². The maximum absolute atomic E-state index is 13.1. The Morgan fingerprint density at radius 3 is 2.48 bits per heavy atom. The Kier molecular flexibility index (Phi) is 6.49. The van der Waals surface area contributed by atoms with Crippen molar-refractivity contribution < 1.29 is 9.59 Å². The third kappa shape index (κ3) is 4.98. The molecule has 0 atom stereocenters. The molecule has 3 aromatic rings. The minimum Gasteiger partial charge on any atom is -0.330 e. The monoisotopic (exact) mass is 479 g/mol. The van der Waals surface area contributed by atoms with Gasteiger partial charge in [0.05, 0.1) is 9.21 Å². The molecule has 1 saturated heterocycles. The highest BCUT2D eigenvalue weighted by Gasteiger charge is 2.30. The Labute approximate surface area is 203 Å². The largest absolute Gasteiger partial charge is 0.330 e. The van der Waals surface area contributed by atoms with Gasteiger partial charge >= 0.3 is 0 Å². The molecule has 1 aromatic heterocycles. The Bertz CT molecular complexity index is 1190. The number of nitrogens with zero attached hydrogens (tertiary/aromatic N) is 2. The van der Waals surface area contributed by atoms with Gasteiger partial charge in [-0.25, -0.2) is 0 Å². The van der Waals surface area contributed by atoms with Crippen LogP contribution in [-0.2, 0) is 19.6 Å². The van der Waals surface area contributed by atoms with Crippen molar-refractivity contribution in [2.75, 3.05) is 18.4 Å². The number of hydrogen-bond donors (Lipinski definition) is 1. The standard InChI is InChI=1S/C26H26ClN3O2S/c27-24-11-10-23(33-24)25(31)28-22-9-5-8-20-21(22)17-30(26(20)32)16-19-7-4-6-18(14-19)15-29-12-2-1-3-13-29/h4-11,14H,1-3,12-13,15-17H2,(H,28,31). The summed E-state index contributed by atoms with van der Waals surface area (Å²) in [6.45, 7) is 4.32. The quantitative estimate of drug-likeness (QED) is 0.486. The van der Waals surface area contributed by atoms with Crippen LogP contribution in [0, 0.1) is 0 Å². The van der Waals surface area contributed by atoms with Crippen molar-refractivity contribution in [3.05, 3.63) is 86.1 Å². The summed E-state index contributed by atoms with van der Waals surface area (Å²) in [6, 6.07) is 17.5. The molecule has 0 bridgehead atoms. The fraction of sp³-hybridized carbons (Fsp3) is 0.308. The van der Waals surface area contributed by atoms with Crippen LogP contribution in [0.4, 0.5) is 5.69 Å². The first-order valence-corrected chi connectivity index (χ1v) is 12.5. The molecule has 0 unspecified atom stereocenters. The molecule has 5 nitrogen and oxygen atoms in total. The smallest absolute Gasteiger partial charge is 0.265 e. The van der Waals surface area contributed by atoms with Gasteiger partial charge in [-0.3, -0.25) is 14.5 Å². The second kappa shape index (κ2) is 9.67. The molecular weight excluding hydrogens is 454 g/mol. The number of carbonyl (C=O) groups excluding carboxylic acids is 2. The van der Waals surface area contributed by atoms with E-state index in [4.69, 9.17) is 11.6 Å². The number of hydrogen-bond acceptors (Lipinski definition) is 4. The SMILES string of the molecule is O=C(Nc1cccc2c1CN(Cc1cccc(CN3CCCCC3)c1)C2=O)c1ccc(Cl)s1. The maximum atomic E-state index is 13.1. The second-order valence-corrected chi connectivity index (χ2v) is 10.4. The van der Waals surface area contributed by atoms with Crippen LogP contribution in [0.1, 0.15) is 56.0 Å². The van der Waals surface area contributed by atoms with E-state index in [1.165, 1.54) is 36.2 Å². The third-order valence-corrected chi connectivity index (χ3v) is 7.54. The van der Waals surface area contributed by atoms with E-state index in [9.17, 15) is 9.59 Å². The normalized spacial score (nSPS) is 16.2. The zero-order valence-electron chi connectivity index (χ0n) is 18.4. The summed E-state index contributed by atoms with van der Waals surface area (Å²) >= 11 is 7.20. The number of carbonyl (C=O) groups is 2. The van der Waals surface area contributed by atoms with Crippen LogP contribution in [0.5, 0.6) is 0 Å². The molecule has 0 aliphatic carbocycles. The second-order valence-electron chi connectivity index (χ2n) is 8.71. The molecule has 33 heavy (non-hydrogen) atoms. The number of nitrogens with one attached hydrogen (secondary N) is 1. The molecule has 170 valence electrons. The fourth-order valence-corrected chi connectivity index (χ4v) is 5.62. The van der Waals surface area contributed by atoms with Gasteiger partial charge in [-0.2, -0.15) is 0 Å². The Morgan fingerprint density at radius 2 is 1.73 bits per heavy atom. The molecule has 5 rings (SSSR count). The van der Waals surface area contributed by atoms with E-state index in [1.807, 2.05) is 23.1 Å². The van der Waals surface area contributed by atoms with E-state index in [-0.39, 0.29) is 11.8 Å². The molecule has 0 saturated carbocycles. The maximum Gasteiger partial charge on any atom is 0.265 e. The molecule has 2 amide bonds. The van der Waals surface area contributed by atoms with Gasteiger partial charge in [0, 0.05) is 36.4 Å². The van der Waals surface area contributed by atoms with Crippen LogP contribution in [-0.4, -0.2) is 34.7 Å². The Balaban J connectivity index is 1.29. The first-order valence-electron chi connectivity index (χ1n) is 11.3. The lowest BCUT2D eigenvalue weighted by Crippen LogP contribution is -2.29. The molecular formula is C26H26ClN3O2S. The van der Waals surface area contributed by atoms with Crippen molar-refractivity contribution in [1.82, 2.24) is 9.80 Å². The van der Waals surface area contributed by atoms with Gasteiger partial charge in [0.15, 0.2) is 0 Å². The summed E-state index contributed by atoms with van der Waals surface area (Å²) in [6.07, 6.45) is 3.88. The molecule has 7 heteroatoms. The Hall–Kier alpha value is -2.67. The van der Waals surface area contributed by atoms with E-state index >= 15 is 0 Å². The van der Waals surface area contributed by atoms with E-state index in [0.717, 1.165) is 30.8 Å². The third-order valence-electron chi connectivity index (χ3n) is 6.31. The average Bonchev–Trinajstić information content (AvgIpc) is 3.39. The predicted octanol–water partition coefficient (Wildman–Crippen LogP) is 5.80. The zero-order chi connectivity index (χ0) is 22.8. The van der Waals surface area contributed by atoms with E-state index in [0.29, 0.717) is 33.6 Å². The van der Waals surface area contributed by atoms with Crippen LogP contribution in [0.3, 0.4) is 0 Å². The highest BCUT2D eigenvalue weighted by Crippen LogP contribution is 2.31. The number of halogens is 1. The summed E-state index contributed by atoms with van der Waals surface area (Å²) in [5.41, 5.74) is 4.62. The molecule has 0 radical (unpaired) electrons. The van der Waals surface area contributed by atoms with E-state index in [1.54, 1.807) is 12.1 Å². The van der Waals surface area contributed by atoms with Crippen molar-refractivity contribution in [2.45, 2.75) is 38.9 Å². The topological polar surface area (TPSA) is 52.7 Å². The number of amides is 2. The van der Waals surface area contributed by atoms with E-state index in [2.05, 4.69) is 34.5 Å². The van der Waals surface area contributed by atoms with Gasteiger partial charge in [-0.05, 0) is 61.3 Å². The van der Waals surface area contributed by atoms with Gasteiger partial charge in [-0.1, -0.05) is 48.4 Å². The molecule has 1 fully saturated rings. The van der Waals surface area contributed by atoms with Crippen molar-refractivity contribution >= 4 is 40.4 Å². The fourth-order valence-electron chi connectivity index (χ4n) is 4.68. The summed E-state index contributed by atoms with van der Waals surface area (Å²) in [7, 11) is 0. The molecule has 2 aromatic carbocycles. The molecule has 1 N–H and O–H groups in total. The molecule has 3 heterocycles. The lowest BCUT2D eigenvalue weighted by molar-refractivity contribution is 0.0766. The van der Waals surface area contributed by atoms with Crippen LogP contribution in [0.25, 0.3) is 0 Å². The van der Waals surface area contributed by atoms with Crippen molar-refractivity contribution in [3.8, 4) is 0 Å². The first kappa shape index (κ1) is 22.1. The minimum atomic E-state index is -0.211. The number of anilines is 1. The molecule has 0 spiro atoms. The van der Waals surface area contributed by atoms with Gasteiger partial charge < -0.3 is 10.2 Å². The number of fused-ring (bicyclic) bond motifs is 1. The molecule has 2 aliphatic heterocycles. The van der Waals surface area contributed by atoms with Gasteiger partial charge in [0.2, 0.25) is 0 Å².